The molecule has 1 unspecified atom stereocenters. The first-order valence-corrected chi connectivity index (χ1v) is 7.93. The van der Waals surface area contributed by atoms with E-state index in [-0.39, 0.29) is 23.3 Å². The van der Waals surface area contributed by atoms with Crippen LogP contribution in [0.2, 0.25) is 0 Å². The number of nitrogens with zero attached hydrogens (tertiary/aromatic N) is 1. The minimum absolute atomic E-state index is 0.145. The van der Waals surface area contributed by atoms with Gasteiger partial charge >= 0.3 is 0 Å². The van der Waals surface area contributed by atoms with E-state index in [1.54, 1.807) is 17.0 Å². The van der Waals surface area contributed by atoms with Crippen LogP contribution in [-0.4, -0.2) is 34.8 Å². The summed E-state index contributed by atoms with van der Waals surface area (Å²) in [5.41, 5.74) is 0.958. The summed E-state index contributed by atoms with van der Waals surface area (Å²) in [5.74, 6) is -0.566. The standard InChI is InChI=1S/C18H19N3O3/c1-2-16(23)21-10-4-6-13(11-21)18(24)19-14-7-3-5-12-8-9-15(22)20-17(12)14/h2-3,5,7-9,13H,1,4,6,10-11H2,(H,19,24)(H,20,22). The molecule has 6 nitrogen and oxygen atoms in total. The lowest BCUT2D eigenvalue weighted by atomic mass is 9.97. The van der Waals surface area contributed by atoms with Crippen LogP contribution in [0.25, 0.3) is 10.9 Å². The van der Waals surface area contributed by atoms with Gasteiger partial charge in [0.15, 0.2) is 0 Å². The van der Waals surface area contributed by atoms with E-state index in [1.807, 2.05) is 12.1 Å². The van der Waals surface area contributed by atoms with Gasteiger partial charge < -0.3 is 15.2 Å². The molecule has 1 fully saturated rings. The fraction of sp³-hybridized carbons (Fsp3) is 0.278. The molecule has 2 aromatic rings. The number of rotatable bonds is 3. The van der Waals surface area contributed by atoms with E-state index in [4.69, 9.17) is 0 Å². The number of hydrogen-bond acceptors (Lipinski definition) is 3. The number of carbonyl (C=O) groups is 2. The maximum absolute atomic E-state index is 12.6. The zero-order valence-corrected chi connectivity index (χ0v) is 13.2. The van der Waals surface area contributed by atoms with Gasteiger partial charge in [-0.05, 0) is 31.1 Å². The maximum Gasteiger partial charge on any atom is 0.248 e. The van der Waals surface area contributed by atoms with Crippen LogP contribution >= 0.6 is 0 Å². The third-order valence-corrected chi connectivity index (χ3v) is 4.30. The molecular formula is C18H19N3O3. The van der Waals surface area contributed by atoms with Crippen LogP contribution in [0.5, 0.6) is 0 Å². The third-order valence-electron chi connectivity index (χ3n) is 4.30. The highest BCUT2D eigenvalue weighted by Gasteiger charge is 2.27. The van der Waals surface area contributed by atoms with Crippen LogP contribution in [0.15, 0.2) is 47.8 Å². The van der Waals surface area contributed by atoms with Crippen molar-refractivity contribution in [1.82, 2.24) is 9.88 Å². The molecule has 24 heavy (non-hydrogen) atoms. The molecule has 2 N–H and O–H groups in total. The summed E-state index contributed by atoms with van der Waals surface area (Å²) in [4.78, 5) is 40.3. The second-order valence-electron chi connectivity index (χ2n) is 5.91. The molecule has 1 saturated heterocycles. The third kappa shape index (κ3) is 3.22. The number of pyridine rings is 1. The van der Waals surface area contributed by atoms with Crippen molar-refractivity contribution >= 4 is 28.4 Å². The Labute approximate surface area is 139 Å². The second-order valence-corrected chi connectivity index (χ2v) is 5.91. The predicted molar refractivity (Wildman–Crippen MR) is 92.7 cm³/mol. The second kappa shape index (κ2) is 6.70. The lowest BCUT2D eigenvalue weighted by molar-refractivity contribution is -0.130. The number of fused-ring (bicyclic) bond motifs is 1. The molecule has 124 valence electrons. The summed E-state index contributed by atoms with van der Waals surface area (Å²) in [6.45, 7) is 4.53. The first-order chi connectivity index (χ1) is 11.6. The highest BCUT2D eigenvalue weighted by molar-refractivity contribution is 6.01. The lowest BCUT2D eigenvalue weighted by Gasteiger charge is -2.31. The van der Waals surface area contributed by atoms with Crippen LogP contribution in [-0.2, 0) is 9.59 Å². The first kappa shape index (κ1) is 16.0. The van der Waals surface area contributed by atoms with E-state index in [0.717, 1.165) is 18.2 Å². The van der Waals surface area contributed by atoms with Gasteiger partial charge in [-0.15, -0.1) is 0 Å². The number of amides is 2. The normalized spacial score (nSPS) is 17.5. The van der Waals surface area contributed by atoms with Crippen molar-refractivity contribution in [3.63, 3.8) is 0 Å². The molecule has 2 amide bonds. The van der Waals surface area contributed by atoms with Gasteiger partial charge in [-0.2, -0.15) is 0 Å². The molecule has 0 aliphatic carbocycles. The fourth-order valence-electron chi connectivity index (χ4n) is 3.04. The summed E-state index contributed by atoms with van der Waals surface area (Å²) in [5, 5.41) is 3.73. The number of H-pyrrole nitrogens is 1. The van der Waals surface area contributed by atoms with E-state index in [1.165, 1.54) is 12.1 Å². The number of piperidine rings is 1. The molecule has 1 aromatic carbocycles. The van der Waals surface area contributed by atoms with Gasteiger partial charge in [0.05, 0.1) is 17.1 Å². The van der Waals surface area contributed by atoms with Gasteiger partial charge in [0.2, 0.25) is 17.4 Å². The number of nitrogens with one attached hydrogen (secondary N) is 2. The van der Waals surface area contributed by atoms with Gasteiger partial charge in [-0.25, -0.2) is 0 Å². The molecular weight excluding hydrogens is 306 g/mol. The van der Waals surface area contributed by atoms with Gasteiger partial charge in [-0.1, -0.05) is 18.7 Å². The van der Waals surface area contributed by atoms with E-state index < -0.39 is 0 Å². The number of aromatic nitrogens is 1. The van der Waals surface area contributed by atoms with Crippen LogP contribution in [0.3, 0.4) is 0 Å². The van der Waals surface area contributed by atoms with E-state index >= 15 is 0 Å². The summed E-state index contributed by atoms with van der Waals surface area (Å²) < 4.78 is 0. The van der Waals surface area contributed by atoms with Crippen LogP contribution in [0, 0.1) is 5.92 Å². The number of benzene rings is 1. The maximum atomic E-state index is 12.6. The molecule has 6 heteroatoms. The van der Waals surface area contributed by atoms with Crippen molar-refractivity contribution in [2.45, 2.75) is 12.8 Å². The van der Waals surface area contributed by atoms with Crippen molar-refractivity contribution in [2.24, 2.45) is 5.92 Å². The smallest absolute Gasteiger partial charge is 0.248 e. The lowest BCUT2D eigenvalue weighted by Crippen LogP contribution is -2.43. The average molecular weight is 325 g/mol. The number of para-hydroxylation sites is 1. The molecule has 0 spiro atoms. The molecule has 1 aliphatic heterocycles. The molecule has 1 aliphatic rings. The Balaban J connectivity index is 1.80. The average Bonchev–Trinajstić information content (AvgIpc) is 2.61. The highest BCUT2D eigenvalue weighted by Crippen LogP contribution is 2.23. The van der Waals surface area contributed by atoms with Crippen molar-refractivity contribution in [3.8, 4) is 0 Å². The Morgan fingerprint density at radius 2 is 2.12 bits per heavy atom. The molecule has 3 rings (SSSR count). The highest BCUT2D eigenvalue weighted by atomic mass is 16.2. The molecule has 2 heterocycles. The van der Waals surface area contributed by atoms with Crippen molar-refractivity contribution in [1.29, 1.82) is 0 Å². The van der Waals surface area contributed by atoms with Crippen molar-refractivity contribution in [3.05, 3.63) is 53.3 Å². The van der Waals surface area contributed by atoms with Gasteiger partial charge in [0.25, 0.3) is 0 Å². The van der Waals surface area contributed by atoms with E-state index in [9.17, 15) is 14.4 Å². The quantitative estimate of drug-likeness (QED) is 0.846. The van der Waals surface area contributed by atoms with Crippen LogP contribution in [0.4, 0.5) is 5.69 Å². The zero-order valence-electron chi connectivity index (χ0n) is 13.2. The number of likely N-dealkylation sites (tertiary alicyclic amines) is 1. The minimum atomic E-state index is -0.270. The molecule has 1 atom stereocenters. The minimum Gasteiger partial charge on any atom is -0.338 e. The van der Waals surface area contributed by atoms with E-state index in [2.05, 4.69) is 16.9 Å². The first-order valence-electron chi connectivity index (χ1n) is 7.93. The monoisotopic (exact) mass is 325 g/mol. The largest absolute Gasteiger partial charge is 0.338 e. The summed E-state index contributed by atoms with van der Waals surface area (Å²) in [6.07, 6.45) is 2.79. The summed E-state index contributed by atoms with van der Waals surface area (Å²) in [6, 6.07) is 8.62. The van der Waals surface area contributed by atoms with Crippen LogP contribution in [0.1, 0.15) is 12.8 Å². The van der Waals surface area contributed by atoms with Crippen LogP contribution < -0.4 is 10.9 Å². The Hall–Kier alpha value is -2.89. The zero-order chi connectivity index (χ0) is 17.1. The number of aromatic amines is 1. The number of anilines is 1. The SMILES string of the molecule is C=CC(=O)N1CCCC(C(=O)Nc2cccc3ccc(=O)[nH]c23)C1. The Morgan fingerprint density at radius 1 is 1.29 bits per heavy atom. The molecule has 0 saturated carbocycles. The molecule has 1 aromatic heterocycles. The number of carbonyl (C=O) groups excluding carboxylic acids is 2. The summed E-state index contributed by atoms with van der Waals surface area (Å²) >= 11 is 0. The Kier molecular flexibility index (Phi) is 4.46. The van der Waals surface area contributed by atoms with Crippen molar-refractivity contribution < 1.29 is 9.59 Å². The van der Waals surface area contributed by atoms with Crippen molar-refractivity contribution in [2.75, 3.05) is 18.4 Å². The van der Waals surface area contributed by atoms with Gasteiger partial charge in [-0.3, -0.25) is 14.4 Å². The predicted octanol–water partition coefficient (Wildman–Crippen LogP) is 1.89. The number of hydrogen-bond donors (Lipinski definition) is 2. The Morgan fingerprint density at radius 3 is 2.92 bits per heavy atom. The van der Waals surface area contributed by atoms with Gasteiger partial charge in [0.1, 0.15) is 0 Å². The topological polar surface area (TPSA) is 82.3 Å². The molecule has 0 radical (unpaired) electrons. The van der Waals surface area contributed by atoms with E-state index in [0.29, 0.717) is 24.3 Å². The van der Waals surface area contributed by atoms with Gasteiger partial charge in [0, 0.05) is 24.5 Å². The molecule has 0 bridgehead atoms. The Bertz CT molecular complexity index is 856. The fourth-order valence-corrected chi connectivity index (χ4v) is 3.04. The summed E-state index contributed by atoms with van der Waals surface area (Å²) in [7, 11) is 0.